The molecule has 1 heterocycles. The molecular weight excluding hydrogens is 234 g/mol. The van der Waals surface area contributed by atoms with Crippen molar-refractivity contribution in [1.29, 1.82) is 0 Å². The second-order valence-electron chi connectivity index (χ2n) is 4.80. The lowest BCUT2D eigenvalue weighted by Gasteiger charge is -2.07. The summed E-state index contributed by atoms with van der Waals surface area (Å²) in [4.78, 5) is 15.6. The molecule has 4 heteroatoms. The van der Waals surface area contributed by atoms with E-state index in [1.807, 2.05) is 6.92 Å². The van der Waals surface area contributed by atoms with Crippen LogP contribution in [0.4, 0.5) is 0 Å². The molecule has 3 nitrogen and oxygen atoms in total. The molecule has 0 aromatic carbocycles. The minimum absolute atomic E-state index is 0.280. The first kappa shape index (κ1) is 12.6. The Labute approximate surface area is 106 Å². The van der Waals surface area contributed by atoms with Crippen molar-refractivity contribution in [3.8, 4) is 0 Å². The molecular formula is C13H19NO2S. The Morgan fingerprint density at radius 3 is 2.88 bits per heavy atom. The molecule has 2 rings (SSSR count). The van der Waals surface area contributed by atoms with Gasteiger partial charge in [0.15, 0.2) is 0 Å². The molecule has 1 fully saturated rings. The van der Waals surface area contributed by atoms with Gasteiger partial charge in [0.2, 0.25) is 0 Å². The Kier molecular flexibility index (Phi) is 4.15. The number of carbonyl (C=O) groups is 1. The van der Waals surface area contributed by atoms with E-state index < -0.39 is 5.97 Å². The molecule has 1 aromatic heterocycles. The van der Waals surface area contributed by atoms with Crippen molar-refractivity contribution < 1.29 is 9.90 Å². The molecule has 0 radical (unpaired) electrons. The highest BCUT2D eigenvalue weighted by molar-refractivity contribution is 7.09. The summed E-state index contributed by atoms with van der Waals surface area (Å²) in [6, 6.07) is 0. The van der Waals surface area contributed by atoms with Gasteiger partial charge in [-0.05, 0) is 19.3 Å². The second kappa shape index (κ2) is 5.63. The monoisotopic (exact) mass is 253 g/mol. The Bertz CT molecular complexity index is 383. The zero-order chi connectivity index (χ0) is 12.3. The van der Waals surface area contributed by atoms with Gasteiger partial charge in [-0.3, -0.25) is 4.79 Å². The van der Waals surface area contributed by atoms with Crippen LogP contribution >= 0.6 is 11.3 Å². The number of aromatic nitrogens is 1. The van der Waals surface area contributed by atoms with Crippen molar-refractivity contribution in [2.45, 2.75) is 51.4 Å². The van der Waals surface area contributed by atoms with E-state index in [-0.39, 0.29) is 5.92 Å². The first-order valence-electron chi connectivity index (χ1n) is 6.37. The summed E-state index contributed by atoms with van der Waals surface area (Å²) in [5.41, 5.74) is 1.20. The Hall–Kier alpha value is -0.900. The molecule has 1 N–H and O–H groups in total. The van der Waals surface area contributed by atoms with E-state index in [0.29, 0.717) is 18.8 Å². The molecule has 1 unspecified atom stereocenters. The maximum Gasteiger partial charge on any atom is 0.306 e. The van der Waals surface area contributed by atoms with Gasteiger partial charge in [-0.2, -0.15) is 0 Å². The van der Waals surface area contributed by atoms with Crippen LogP contribution in [0.2, 0.25) is 0 Å². The molecule has 94 valence electrons. The summed E-state index contributed by atoms with van der Waals surface area (Å²) < 4.78 is 0. The Morgan fingerprint density at radius 2 is 2.29 bits per heavy atom. The number of thiazole rings is 1. The van der Waals surface area contributed by atoms with Gasteiger partial charge in [-0.15, -0.1) is 11.3 Å². The van der Waals surface area contributed by atoms with E-state index in [4.69, 9.17) is 5.11 Å². The van der Waals surface area contributed by atoms with Crippen LogP contribution in [0.25, 0.3) is 0 Å². The molecule has 0 aliphatic heterocycles. The molecule has 1 saturated carbocycles. The van der Waals surface area contributed by atoms with E-state index in [1.54, 1.807) is 11.3 Å². The average Bonchev–Trinajstić information content (AvgIpc) is 2.95. The Balaban J connectivity index is 2.00. The summed E-state index contributed by atoms with van der Waals surface area (Å²) in [6.45, 7) is 1.92. The third-order valence-electron chi connectivity index (χ3n) is 3.61. The van der Waals surface area contributed by atoms with E-state index >= 15 is 0 Å². The maximum atomic E-state index is 11.0. The van der Waals surface area contributed by atoms with Gasteiger partial charge in [0, 0.05) is 17.7 Å². The minimum atomic E-state index is -0.704. The van der Waals surface area contributed by atoms with Gasteiger partial charge >= 0.3 is 5.97 Å². The van der Waals surface area contributed by atoms with Gasteiger partial charge in [0.25, 0.3) is 0 Å². The number of aliphatic carboxylic acids is 1. The lowest BCUT2D eigenvalue weighted by Crippen LogP contribution is -2.15. The van der Waals surface area contributed by atoms with Crippen LogP contribution in [-0.2, 0) is 11.2 Å². The van der Waals surface area contributed by atoms with E-state index in [1.165, 1.54) is 31.4 Å². The zero-order valence-corrected chi connectivity index (χ0v) is 11.0. The molecule has 1 aromatic rings. The van der Waals surface area contributed by atoms with Crippen LogP contribution in [0.1, 0.15) is 55.6 Å². The standard InChI is InChI=1S/C13H19NO2S/c1-2-9(13(15)16)7-12-14-11(8-17-12)10-5-3-4-6-10/h8-10H,2-7H2,1H3,(H,15,16). The molecule has 17 heavy (non-hydrogen) atoms. The van der Waals surface area contributed by atoms with Crippen molar-refractivity contribution >= 4 is 17.3 Å². The fraction of sp³-hybridized carbons (Fsp3) is 0.692. The summed E-state index contributed by atoms with van der Waals surface area (Å²) in [5.74, 6) is -0.354. The number of carboxylic acid groups (broad SMARTS) is 1. The van der Waals surface area contributed by atoms with Crippen LogP contribution in [0.3, 0.4) is 0 Å². The maximum absolute atomic E-state index is 11.0. The SMILES string of the molecule is CCC(Cc1nc(C2CCCC2)cs1)C(=O)O. The van der Waals surface area contributed by atoms with Crippen molar-refractivity contribution in [3.63, 3.8) is 0 Å². The highest BCUT2D eigenvalue weighted by Gasteiger charge is 2.22. The van der Waals surface area contributed by atoms with E-state index in [2.05, 4.69) is 10.4 Å². The molecule has 1 aliphatic rings. The topological polar surface area (TPSA) is 50.2 Å². The summed E-state index contributed by atoms with van der Waals surface area (Å²) in [7, 11) is 0. The van der Waals surface area contributed by atoms with Crippen LogP contribution in [0.15, 0.2) is 5.38 Å². The molecule has 0 amide bonds. The number of hydrogen-bond donors (Lipinski definition) is 1. The highest BCUT2D eigenvalue weighted by Crippen LogP contribution is 2.34. The van der Waals surface area contributed by atoms with Crippen LogP contribution < -0.4 is 0 Å². The van der Waals surface area contributed by atoms with Gasteiger partial charge in [0.05, 0.1) is 16.6 Å². The van der Waals surface area contributed by atoms with Crippen molar-refractivity contribution in [1.82, 2.24) is 4.98 Å². The van der Waals surface area contributed by atoms with Gasteiger partial charge in [0.1, 0.15) is 0 Å². The quantitative estimate of drug-likeness (QED) is 0.874. The highest BCUT2D eigenvalue weighted by atomic mass is 32.1. The fourth-order valence-corrected chi connectivity index (χ4v) is 3.40. The first-order valence-corrected chi connectivity index (χ1v) is 7.25. The second-order valence-corrected chi connectivity index (χ2v) is 5.74. The first-order chi connectivity index (χ1) is 8.20. The van der Waals surface area contributed by atoms with Crippen molar-refractivity contribution in [2.75, 3.05) is 0 Å². The van der Waals surface area contributed by atoms with Gasteiger partial charge in [-0.25, -0.2) is 4.98 Å². The number of rotatable bonds is 5. The van der Waals surface area contributed by atoms with Crippen LogP contribution in [-0.4, -0.2) is 16.1 Å². The number of hydrogen-bond acceptors (Lipinski definition) is 3. The van der Waals surface area contributed by atoms with Crippen LogP contribution in [0, 0.1) is 5.92 Å². The molecule has 0 bridgehead atoms. The van der Waals surface area contributed by atoms with Gasteiger partial charge < -0.3 is 5.11 Å². The normalized spacial score (nSPS) is 18.4. The summed E-state index contributed by atoms with van der Waals surface area (Å²) >= 11 is 1.62. The van der Waals surface area contributed by atoms with Crippen LogP contribution in [0.5, 0.6) is 0 Å². The third kappa shape index (κ3) is 3.06. The predicted octanol–water partition coefficient (Wildman–Crippen LogP) is 3.45. The minimum Gasteiger partial charge on any atom is -0.481 e. The summed E-state index contributed by atoms with van der Waals surface area (Å²) in [6.07, 6.45) is 6.38. The van der Waals surface area contributed by atoms with Crippen molar-refractivity contribution in [3.05, 3.63) is 16.1 Å². The Morgan fingerprint density at radius 1 is 1.59 bits per heavy atom. The number of nitrogens with zero attached hydrogens (tertiary/aromatic N) is 1. The lowest BCUT2D eigenvalue weighted by atomic mass is 10.0. The van der Waals surface area contributed by atoms with E-state index in [9.17, 15) is 4.79 Å². The average molecular weight is 253 g/mol. The molecule has 0 saturated heterocycles. The van der Waals surface area contributed by atoms with Crippen molar-refractivity contribution in [2.24, 2.45) is 5.92 Å². The van der Waals surface area contributed by atoms with E-state index in [0.717, 1.165) is 5.01 Å². The zero-order valence-electron chi connectivity index (χ0n) is 10.2. The third-order valence-corrected chi connectivity index (χ3v) is 4.50. The smallest absolute Gasteiger partial charge is 0.306 e. The summed E-state index contributed by atoms with van der Waals surface area (Å²) in [5, 5.41) is 12.1. The fourth-order valence-electron chi connectivity index (χ4n) is 2.44. The van der Waals surface area contributed by atoms with Gasteiger partial charge in [-0.1, -0.05) is 19.8 Å². The largest absolute Gasteiger partial charge is 0.481 e. The lowest BCUT2D eigenvalue weighted by molar-refractivity contribution is -0.141. The molecule has 1 aliphatic carbocycles. The molecule has 1 atom stereocenters. The molecule has 0 spiro atoms. The number of carboxylic acids is 1. The predicted molar refractivity (Wildman–Crippen MR) is 68.4 cm³/mol.